The molecule has 0 fully saturated rings. The van der Waals surface area contributed by atoms with Crippen molar-refractivity contribution in [3.8, 4) is 16.9 Å². The first-order valence-corrected chi connectivity index (χ1v) is 9.79. The second-order valence-electron chi connectivity index (χ2n) is 6.99. The number of pyridine rings is 1. The normalized spacial score (nSPS) is 11.4. The number of rotatable bonds is 4. The molecule has 3 aromatic heterocycles. The van der Waals surface area contributed by atoms with Gasteiger partial charge in [0.1, 0.15) is 11.5 Å². The quantitative estimate of drug-likeness (QED) is 0.425. The summed E-state index contributed by atoms with van der Waals surface area (Å²) in [6.45, 7) is 1.76. The van der Waals surface area contributed by atoms with Crippen LogP contribution in [0.5, 0.6) is 0 Å². The van der Waals surface area contributed by atoms with Crippen LogP contribution in [0, 0.1) is 6.92 Å². The van der Waals surface area contributed by atoms with E-state index in [4.69, 9.17) is 5.10 Å². The summed E-state index contributed by atoms with van der Waals surface area (Å²) in [6, 6.07) is 20.9. The minimum Gasteiger partial charge on any atom is -0.267 e. The van der Waals surface area contributed by atoms with Gasteiger partial charge in [-0.15, -0.1) is 0 Å². The van der Waals surface area contributed by atoms with Crippen molar-refractivity contribution in [1.29, 1.82) is 0 Å². The first-order valence-electron chi connectivity index (χ1n) is 9.79. The average molecular weight is 406 g/mol. The molecule has 7 nitrogen and oxygen atoms in total. The first kappa shape index (κ1) is 18.6. The van der Waals surface area contributed by atoms with E-state index in [9.17, 15) is 4.79 Å². The van der Waals surface area contributed by atoms with E-state index in [1.165, 1.54) is 4.68 Å². The molecule has 0 aliphatic carbocycles. The minimum atomic E-state index is -0.210. The Morgan fingerprint density at radius 3 is 2.58 bits per heavy atom. The van der Waals surface area contributed by atoms with Gasteiger partial charge < -0.3 is 0 Å². The maximum Gasteiger partial charge on any atom is 0.282 e. The van der Waals surface area contributed by atoms with Crippen LogP contribution in [0.25, 0.3) is 27.8 Å². The third kappa shape index (κ3) is 3.53. The van der Waals surface area contributed by atoms with Crippen LogP contribution in [0.4, 0.5) is 0 Å². The number of fused-ring (bicyclic) bond motifs is 1. The Bertz CT molecular complexity index is 1450. The zero-order valence-electron chi connectivity index (χ0n) is 16.8. The maximum atomic E-state index is 12.9. The van der Waals surface area contributed by atoms with E-state index in [1.807, 2.05) is 66.9 Å². The molecule has 7 heteroatoms. The minimum absolute atomic E-state index is 0.210. The van der Waals surface area contributed by atoms with Gasteiger partial charge in [-0.3, -0.25) is 9.78 Å². The Morgan fingerprint density at radius 1 is 0.968 bits per heavy atom. The second-order valence-corrected chi connectivity index (χ2v) is 6.99. The van der Waals surface area contributed by atoms with Gasteiger partial charge in [0.05, 0.1) is 22.8 Å². The predicted octanol–water partition coefficient (Wildman–Crippen LogP) is 3.83. The van der Waals surface area contributed by atoms with Crippen LogP contribution < -0.4 is 5.56 Å². The van der Waals surface area contributed by atoms with Crippen molar-refractivity contribution >= 4 is 17.1 Å². The van der Waals surface area contributed by atoms with Crippen molar-refractivity contribution < 1.29 is 0 Å². The smallest absolute Gasteiger partial charge is 0.267 e. The molecule has 0 spiro atoms. The average Bonchev–Trinajstić information content (AvgIpc) is 3.24. The van der Waals surface area contributed by atoms with Gasteiger partial charge in [0.25, 0.3) is 5.56 Å². The van der Waals surface area contributed by atoms with Crippen LogP contribution in [-0.2, 0) is 0 Å². The number of hydrogen-bond acceptors (Lipinski definition) is 5. The molecule has 2 aromatic carbocycles. The van der Waals surface area contributed by atoms with Gasteiger partial charge in [0, 0.05) is 29.7 Å². The van der Waals surface area contributed by atoms with Gasteiger partial charge in [-0.25, -0.2) is 9.67 Å². The van der Waals surface area contributed by atoms with Gasteiger partial charge >= 0.3 is 0 Å². The molecule has 0 aliphatic heterocycles. The van der Waals surface area contributed by atoms with Crippen LogP contribution in [-0.4, -0.2) is 30.6 Å². The monoisotopic (exact) mass is 406 g/mol. The Balaban J connectivity index is 1.64. The molecule has 0 saturated heterocycles. The Morgan fingerprint density at radius 2 is 1.77 bits per heavy atom. The molecule has 0 amide bonds. The summed E-state index contributed by atoms with van der Waals surface area (Å²) in [5.74, 6) is 0.512. The highest BCUT2D eigenvalue weighted by molar-refractivity contribution is 5.88. The molecule has 0 bridgehead atoms. The van der Waals surface area contributed by atoms with Crippen molar-refractivity contribution in [2.45, 2.75) is 6.92 Å². The highest BCUT2D eigenvalue weighted by atomic mass is 16.1. The molecule has 5 aromatic rings. The molecular weight excluding hydrogens is 388 g/mol. The topological polar surface area (TPSA) is 78.0 Å². The Kier molecular flexibility index (Phi) is 4.68. The highest BCUT2D eigenvalue weighted by Crippen LogP contribution is 2.22. The van der Waals surface area contributed by atoms with E-state index in [2.05, 4.69) is 15.1 Å². The number of aryl methyl sites for hydroxylation is 1. The van der Waals surface area contributed by atoms with E-state index in [0.717, 1.165) is 22.5 Å². The van der Waals surface area contributed by atoms with Gasteiger partial charge in [0.15, 0.2) is 0 Å². The standard InChI is InChI=1S/C24H18N6O/c1-17-27-22-12-6-5-11-21(22)24(31)30(17)26-15-19-16-29(20-9-3-2-4-10-20)28-23(19)18-8-7-13-25-14-18/h2-16H,1H3/b26-15+. The number of nitrogens with zero attached hydrogens (tertiary/aromatic N) is 6. The summed E-state index contributed by atoms with van der Waals surface area (Å²) in [6.07, 6.45) is 6.99. The lowest BCUT2D eigenvalue weighted by atomic mass is 10.1. The third-order valence-corrected chi connectivity index (χ3v) is 4.93. The lowest BCUT2D eigenvalue weighted by Gasteiger charge is -2.05. The fourth-order valence-corrected chi connectivity index (χ4v) is 3.41. The van der Waals surface area contributed by atoms with Crippen molar-refractivity contribution in [2.75, 3.05) is 0 Å². The lowest BCUT2D eigenvalue weighted by Crippen LogP contribution is -2.20. The molecular formula is C24H18N6O. The summed E-state index contributed by atoms with van der Waals surface area (Å²) in [5.41, 5.74) is 3.71. The molecule has 0 N–H and O–H groups in total. The molecule has 0 atom stereocenters. The van der Waals surface area contributed by atoms with Gasteiger partial charge in [-0.2, -0.15) is 14.9 Å². The summed E-state index contributed by atoms with van der Waals surface area (Å²) < 4.78 is 3.10. The molecule has 0 saturated carbocycles. The van der Waals surface area contributed by atoms with E-state index < -0.39 is 0 Å². The Labute approximate surface area is 178 Å². The predicted molar refractivity (Wildman–Crippen MR) is 121 cm³/mol. The third-order valence-electron chi connectivity index (χ3n) is 4.93. The van der Waals surface area contributed by atoms with E-state index >= 15 is 0 Å². The fourth-order valence-electron chi connectivity index (χ4n) is 3.41. The van der Waals surface area contributed by atoms with Crippen LogP contribution in [0.1, 0.15) is 11.4 Å². The molecule has 150 valence electrons. The SMILES string of the molecule is Cc1nc2ccccc2c(=O)n1/N=C/c1cn(-c2ccccc2)nc1-c1cccnc1. The number of hydrogen-bond donors (Lipinski definition) is 0. The van der Waals surface area contributed by atoms with Crippen LogP contribution in [0.15, 0.2) is 95.2 Å². The molecule has 31 heavy (non-hydrogen) atoms. The van der Waals surface area contributed by atoms with E-state index in [0.29, 0.717) is 16.7 Å². The van der Waals surface area contributed by atoms with Crippen LogP contribution in [0.3, 0.4) is 0 Å². The van der Waals surface area contributed by atoms with Gasteiger partial charge in [-0.05, 0) is 43.3 Å². The van der Waals surface area contributed by atoms with Crippen LogP contribution in [0.2, 0.25) is 0 Å². The first-order chi connectivity index (χ1) is 15.2. The summed E-state index contributed by atoms with van der Waals surface area (Å²) in [4.78, 5) is 21.6. The number of para-hydroxylation sites is 2. The highest BCUT2D eigenvalue weighted by Gasteiger charge is 2.12. The lowest BCUT2D eigenvalue weighted by molar-refractivity contribution is 0.771. The van der Waals surface area contributed by atoms with Crippen molar-refractivity contribution in [2.24, 2.45) is 5.10 Å². The van der Waals surface area contributed by atoms with Crippen molar-refractivity contribution in [1.82, 2.24) is 24.4 Å². The molecule has 0 unspecified atom stereocenters. The van der Waals surface area contributed by atoms with Crippen LogP contribution >= 0.6 is 0 Å². The number of benzene rings is 2. The maximum absolute atomic E-state index is 12.9. The zero-order chi connectivity index (χ0) is 21.2. The van der Waals surface area contributed by atoms with Gasteiger partial charge in [-0.1, -0.05) is 30.3 Å². The molecule has 3 heterocycles. The summed E-state index contributed by atoms with van der Waals surface area (Å²) in [5, 5.41) is 9.73. The van der Waals surface area contributed by atoms with Gasteiger partial charge in [0.2, 0.25) is 0 Å². The van der Waals surface area contributed by atoms with E-state index in [1.54, 1.807) is 36.3 Å². The molecule has 5 rings (SSSR count). The van der Waals surface area contributed by atoms with Crippen molar-refractivity contribution in [3.63, 3.8) is 0 Å². The summed E-state index contributed by atoms with van der Waals surface area (Å²) in [7, 11) is 0. The second kappa shape index (κ2) is 7.79. The zero-order valence-corrected chi connectivity index (χ0v) is 16.8. The summed E-state index contributed by atoms with van der Waals surface area (Å²) >= 11 is 0. The number of aromatic nitrogens is 5. The van der Waals surface area contributed by atoms with Crippen molar-refractivity contribution in [3.05, 3.63) is 107 Å². The Hall–Kier alpha value is -4.39. The molecule has 0 aliphatic rings. The molecule has 0 radical (unpaired) electrons. The van der Waals surface area contributed by atoms with E-state index in [-0.39, 0.29) is 5.56 Å². The largest absolute Gasteiger partial charge is 0.282 e. The fraction of sp³-hybridized carbons (Fsp3) is 0.0417.